The Morgan fingerprint density at radius 3 is 1.32 bits per heavy atom. The molecule has 1 unspecified atom stereocenters. The summed E-state index contributed by atoms with van der Waals surface area (Å²) in [6.07, 6.45) is 42.8. The van der Waals surface area contributed by atoms with Crippen molar-refractivity contribution < 1.29 is 47.8 Å². The van der Waals surface area contributed by atoms with Gasteiger partial charge in [-0.3, -0.25) is 18.6 Å². The second kappa shape index (κ2) is 42.6. The van der Waals surface area contributed by atoms with Gasteiger partial charge < -0.3 is 24.6 Å². The van der Waals surface area contributed by atoms with Crippen LogP contribution in [0.25, 0.3) is 0 Å². The van der Waals surface area contributed by atoms with Gasteiger partial charge in [-0.25, -0.2) is 4.57 Å². The number of ether oxygens (including phenoxy) is 2. The summed E-state index contributed by atoms with van der Waals surface area (Å²) in [5.41, 5.74) is 0. The molecule has 0 aliphatic rings. The van der Waals surface area contributed by atoms with Gasteiger partial charge in [0.15, 0.2) is 6.10 Å². The van der Waals surface area contributed by atoms with Crippen molar-refractivity contribution in [1.29, 1.82) is 0 Å². The lowest BCUT2D eigenvalue weighted by Gasteiger charge is -2.20. The molecule has 0 spiro atoms. The largest absolute Gasteiger partial charge is 0.472 e. The molecule has 11 heteroatoms. The maximum Gasteiger partial charge on any atom is 0.472 e. The Hall–Kier alpha value is -1.55. The molecule has 0 fully saturated rings. The Kier molecular flexibility index (Phi) is 41.4. The van der Waals surface area contributed by atoms with Crippen LogP contribution in [-0.4, -0.2) is 65.7 Å². The normalized spacial score (nSPS) is 14.0. The molecule has 336 valence electrons. The lowest BCUT2D eigenvalue weighted by atomic mass is 10.1. The number of hydrogen-bond donors (Lipinski definition) is 3. The van der Waals surface area contributed by atoms with Crippen LogP contribution in [-0.2, 0) is 32.7 Å². The van der Waals surface area contributed by atoms with Crippen LogP contribution in [0.1, 0.15) is 219 Å². The van der Waals surface area contributed by atoms with Crippen LogP contribution >= 0.6 is 7.82 Å². The number of unbranched alkanes of at least 4 members (excludes halogenated alkanes) is 26. The number of esters is 2. The number of hydrogen-bond acceptors (Lipinski definition) is 9. The Morgan fingerprint density at radius 1 is 0.509 bits per heavy atom. The molecule has 0 radical (unpaired) electrons. The van der Waals surface area contributed by atoms with Crippen LogP contribution in [0.4, 0.5) is 0 Å². The average Bonchev–Trinajstić information content (AvgIpc) is 3.20. The number of phosphoric ester groups is 1. The van der Waals surface area contributed by atoms with Crippen molar-refractivity contribution in [2.45, 2.75) is 232 Å². The van der Waals surface area contributed by atoms with Crippen molar-refractivity contribution in [3.63, 3.8) is 0 Å². The highest BCUT2D eigenvalue weighted by molar-refractivity contribution is 7.47. The molecule has 0 aromatic rings. The molecule has 0 aromatic heterocycles. The first-order chi connectivity index (χ1) is 27.7. The summed E-state index contributed by atoms with van der Waals surface area (Å²) >= 11 is 0. The minimum Gasteiger partial charge on any atom is -0.462 e. The molecule has 0 saturated heterocycles. The molecule has 10 nitrogen and oxygen atoms in total. The molecule has 57 heavy (non-hydrogen) atoms. The zero-order valence-corrected chi connectivity index (χ0v) is 37.5. The second-order valence-corrected chi connectivity index (χ2v) is 17.2. The van der Waals surface area contributed by atoms with Gasteiger partial charge in [0, 0.05) is 12.8 Å². The van der Waals surface area contributed by atoms with Gasteiger partial charge in [-0.15, -0.1) is 0 Å². The fourth-order valence-electron chi connectivity index (χ4n) is 6.44. The number of rotatable bonds is 44. The van der Waals surface area contributed by atoms with Gasteiger partial charge >= 0.3 is 19.8 Å². The summed E-state index contributed by atoms with van der Waals surface area (Å²) in [6.45, 7) is 2.37. The molecule has 0 heterocycles. The highest BCUT2D eigenvalue weighted by Crippen LogP contribution is 2.43. The number of aliphatic hydroxyl groups excluding tert-OH is 2. The standard InChI is InChI=1S/C46H87O10P/c1-3-5-7-9-11-13-15-17-19-20-21-22-24-26-28-30-32-34-36-38-46(50)56-44(42-55-57(51,52)54-40-43(48)39-47)41-53-45(49)37-35-33-31-29-27-25-23-18-16-14-12-10-8-6-4-2/h10,12,17,19,43-44,47-48H,3-9,11,13-16,18,20-42H2,1-2H3,(H,51,52)/b12-10+,19-17+/t43-,44+/m0/s1. The van der Waals surface area contributed by atoms with Crippen LogP contribution < -0.4 is 0 Å². The van der Waals surface area contributed by atoms with Gasteiger partial charge in [0.1, 0.15) is 12.7 Å². The van der Waals surface area contributed by atoms with Crippen molar-refractivity contribution in [3.05, 3.63) is 24.3 Å². The number of carbonyl (C=O) groups excluding carboxylic acids is 2. The highest BCUT2D eigenvalue weighted by Gasteiger charge is 2.27. The molecule has 0 amide bonds. The predicted molar refractivity (Wildman–Crippen MR) is 233 cm³/mol. The van der Waals surface area contributed by atoms with Crippen molar-refractivity contribution in [1.82, 2.24) is 0 Å². The van der Waals surface area contributed by atoms with E-state index in [2.05, 4.69) is 38.2 Å². The van der Waals surface area contributed by atoms with Gasteiger partial charge in [0.05, 0.1) is 19.8 Å². The first kappa shape index (κ1) is 55.5. The lowest BCUT2D eigenvalue weighted by Crippen LogP contribution is -2.29. The van der Waals surface area contributed by atoms with E-state index in [1.54, 1.807) is 0 Å². The number of carbonyl (C=O) groups is 2. The third-order valence-electron chi connectivity index (χ3n) is 10.1. The number of allylic oxidation sites excluding steroid dienone is 4. The minimum absolute atomic E-state index is 0.184. The Bertz CT molecular complexity index is 1000. The average molecular weight is 831 g/mol. The summed E-state index contributed by atoms with van der Waals surface area (Å²) in [7, 11) is -4.62. The predicted octanol–water partition coefficient (Wildman–Crippen LogP) is 12.6. The van der Waals surface area contributed by atoms with Crippen molar-refractivity contribution >= 4 is 19.8 Å². The first-order valence-corrected chi connectivity index (χ1v) is 24.8. The fourth-order valence-corrected chi connectivity index (χ4v) is 7.23. The Morgan fingerprint density at radius 2 is 0.877 bits per heavy atom. The topological polar surface area (TPSA) is 149 Å². The fraction of sp³-hybridized carbons (Fsp3) is 0.870. The maximum atomic E-state index is 12.6. The molecule has 0 rings (SSSR count). The van der Waals surface area contributed by atoms with E-state index in [1.165, 1.54) is 141 Å². The summed E-state index contributed by atoms with van der Waals surface area (Å²) in [5.74, 6) is -0.922. The minimum atomic E-state index is -4.62. The van der Waals surface area contributed by atoms with Crippen LogP contribution in [0.2, 0.25) is 0 Å². The zero-order chi connectivity index (χ0) is 41.9. The van der Waals surface area contributed by atoms with E-state index >= 15 is 0 Å². The van der Waals surface area contributed by atoms with Crippen LogP contribution in [0.15, 0.2) is 24.3 Å². The van der Waals surface area contributed by atoms with Gasteiger partial charge in [0.2, 0.25) is 0 Å². The van der Waals surface area contributed by atoms with Crippen LogP contribution in [0, 0.1) is 0 Å². The van der Waals surface area contributed by atoms with Gasteiger partial charge in [-0.2, -0.15) is 0 Å². The smallest absolute Gasteiger partial charge is 0.462 e. The number of phosphoric acid groups is 1. The molecular formula is C46H87O10P. The molecule has 3 N–H and O–H groups in total. The monoisotopic (exact) mass is 831 g/mol. The summed E-state index contributed by atoms with van der Waals surface area (Å²) in [6, 6.07) is 0. The van der Waals surface area contributed by atoms with Crippen molar-refractivity contribution in [3.8, 4) is 0 Å². The quantitative estimate of drug-likeness (QED) is 0.0234. The summed E-state index contributed by atoms with van der Waals surface area (Å²) in [4.78, 5) is 35.1. The molecule has 0 saturated carbocycles. The van der Waals surface area contributed by atoms with E-state index in [1.807, 2.05) is 0 Å². The van der Waals surface area contributed by atoms with Gasteiger partial charge in [-0.05, 0) is 57.8 Å². The lowest BCUT2D eigenvalue weighted by molar-refractivity contribution is -0.161. The van der Waals surface area contributed by atoms with E-state index in [0.29, 0.717) is 12.8 Å². The van der Waals surface area contributed by atoms with Crippen LogP contribution in [0.3, 0.4) is 0 Å². The third-order valence-corrected chi connectivity index (χ3v) is 11.0. The SMILES string of the molecule is CCCC/C=C/CCCCCCCCCCCC(=O)OC[C@H](COP(=O)(O)OC[C@@H](O)CO)OC(=O)CCCCCCCCCCC/C=C/CCCCCCCC. The highest BCUT2D eigenvalue weighted by atomic mass is 31.2. The Labute approximate surface area is 348 Å². The van der Waals surface area contributed by atoms with E-state index in [-0.39, 0.29) is 19.4 Å². The summed E-state index contributed by atoms with van der Waals surface area (Å²) < 4.78 is 32.8. The van der Waals surface area contributed by atoms with Gasteiger partial charge in [0.25, 0.3) is 0 Å². The van der Waals surface area contributed by atoms with E-state index in [4.69, 9.17) is 23.6 Å². The summed E-state index contributed by atoms with van der Waals surface area (Å²) in [5, 5.41) is 18.4. The van der Waals surface area contributed by atoms with E-state index in [0.717, 1.165) is 38.5 Å². The molecule has 0 bridgehead atoms. The molecular weight excluding hydrogens is 743 g/mol. The van der Waals surface area contributed by atoms with E-state index in [9.17, 15) is 24.2 Å². The maximum absolute atomic E-state index is 12.6. The van der Waals surface area contributed by atoms with Crippen molar-refractivity contribution in [2.75, 3.05) is 26.4 Å². The van der Waals surface area contributed by atoms with E-state index < -0.39 is 51.8 Å². The zero-order valence-electron chi connectivity index (χ0n) is 36.6. The van der Waals surface area contributed by atoms with Gasteiger partial charge in [-0.1, -0.05) is 173 Å². The molecule has 3 atom stereocenters. The first-order valence-electron chi connectivity index (χ1n) is 23.3. The molecule has 0 aliphatic carbocycles. The molecule has 0 aliphatic heterocycles. The van der Waals surface area contributed by atoms with Crippen molar-refractivity contribution in [2.24, 2.45) is 0 Å². The second-order valence-electron chi connectivity index (χ2n) is 15.8. The molecule has 0 aromatic carbocycles. The number of aliphatic hydroxyl groups is 2. The van der Waals surface area contributed by atoms with Crippen LogP contribution in [0.5, 0.6) is 0 Å². The third kappa shape index (κ3) is 42.4. The Balaban J connectivity index is 4.22.